The third-order valence-electron chi connectivity index (χ3n) is 2.38. The average Bonchev–Trinajstić information content (AvgIpc) is 2.75. The van der Waals surface area contributed by atoms with E-state index >= 15 is 0 Å². The molecule has 14 heavy (non-hydrogen) atoms. The Labute approximate surface area is 91.8 Å². The van der Waals surface area contributed by atoms with Gasteiger partial charge in [-0.3, -0.25) is 0 Å². The SMILES string of the molecule is O=C(OC1CCCC1)c1sccc1Cl. The number of hydrogen-bond donors (Lipinski definition) is 0. The number of carbonyl (C=O) groups excluding carboxylic acids is 1. The summed E-state index contributed by atoms with van der Waals surface area (Å²) < 4.78 is 5.32. The number of rotatable bonds is 2. The Kier molecular flexibility index (Phi) is 3.08. The molecule has 0 aromatic carbocycles. The maximum Gasteiger partial charge on any atom is 0.350 e. The van der Waals surface area contributed by atoms with Crippen molar-refractivity contribution in [3.63, 3.8) is 0 Å². The van der Waals surface area contributed by atoms with Gasteiger partial charge in [-0.2, -0.15) is 0 Å². The zero-order valence-corrected chi connectivity index (χ0v) is 9.24. The van der Waals surface area contributed by atoms with Crippen LogP contribution in [-0.2, 0) is 4.74 Å². The van der Waals surface area contributed by atoms with E-state index in [9.17, 15) is 4.79 Å². The van der Waals surface area contributed by atoms with Gasteiger partial charge in [-0.05, 0) is 37.1 Å². The van der Waals surface area contributed by atoms with E-state index in [0.29, 0.717) is 9.90 Å². The maximum atomic E-state index is 11.6. The number of carbonyl (C=O) groups is 1. The van der Waals surface area contributed by atoms with E-state index in [2.05, 4.69) is 0 Å². The van der Waals surface area contributed by atoms with Crippen LogP contribution in [0.3, 0.4) is 0 Å². The second-order valence-electron chi connectivity index (χ2n) is 3.41. The van der Waals surface area contributed by atoms with E-state index in [0.717, 1.165) is 25.7 Å². The Morgan fingerprint density at radius 3 is 2.79 bits per heavy atom. The summed E-state index contributed by atoms with van der Waals surface area (Å²) in [6, 6.07) is 1.72. The van der Waals surface area contributed by atoms with E-state index in [1.54, 1.807) is 11.4 Å². The molecule has 0 unspecified atom stereocenters. The van der Waals surface area contributed by atoms with Crippen molar-refractivity contribution in [2.75, 3.05) is 0 Å². The van der Waals surface area contributed by atoms with Crippen LogP contribution in [0.5, 0.6) is 0 Å². The molecule has 1 aliphatic carbocycles. The summed E-state index contributed by atoms with van der Waals surface area (Å²) in [4.78, 5) is 12.1. The van der Waals surface area contributed by atoms with Gasteiger partial charge in [0.2, 0.25) is 0 Å². The molecule has 0 bridgehead atoms. The molecule has 76 valence electrons. The summed E-state index contributed by atoms with van der Waals surface area (Å²) in [5.41, 5.74) is 0. The first kappa shape index (κ1) is 9.99. The van der Waals surface area contributed by atoms with Crippen molar-refractivity contribution >= 4 is 28.9 Å². The van der Waals surface area contributed by atoms with Gasteiger partial charge in [-0.25, -0.2) is 4.79 Å². The molecule has 1 heterocycles. The Morgan fingerprint density at radius 1 is 1.50 bits per heavy atom. The molecule has 0 saturated heterocycles. The molecule has 1 aliphatic rings. The minimum absolute atomic E-state index is 0.112. The van der Waals surface area contributed by atoms with Crippen molar-refractivity contribution < 1.29 is 9.53 Å². The van der Waals surface area contributed by atoms with Crippen molar-refractivity contribution in [2.45, 2.75) is 31.8 Å². The molecule has 2 rings (SSSR count). The first-order valence-electron chi connectivity index (χ1n) is 4.71. The lowest BCUT2D eigenvalue weighted by molar-refractivity contribution is 0.0324. The predicted octanol–water partition coefficient (Wildman–Crippen LogP) is 3.50. The van der Waals surface area contributed by atoms with E-state index in [4.69, 9.17) is 16.3 Å². The van der Waals surface area contributed by atoms with Gasteiger partial charge in [0.25, 0.3) is 0 Å². The quantitative estimate of drug-likeness (QED) is 0.727. The molecule has 1 aromatic rings. The van der Waals surface area contributed by atoms with Crippen LogP contribution < -0.4 is 0 Å². The van der Waals surface area contributed by atoms with E-state index < -0.39 is 0 Å². The molecule has 0 amide bonds. The van der Waals surface area contributed by atoms with Crippen LogP contribution >= 0.6 is 22.9 Å². The molecule has 0 atom stereocenters. The standard InChI is InChI=1S/C10H11ClO2S/c11-8-5-6-14-9(8)10(12)13-7-3-1-2-4-7/h5-7H,1-4H2. The highest BCUT2D eigenvalue weighted by Gasteiger charge is 2.21. The molecule has 0 spiro atoms. The maximum absolute atomic E-state index is 11.6. The summed E-state index contributed by atoms with van der Waals surface area (Å²) in [7, 11) is 0. The number of thiophene rings is 1. The molecular formula is C10H11ClO2S. The molecule has 0 N–H and O–H groups in total. The minimum atomic E-state index is -0.267. The fraction of sp³-hybridized carbons (Fsp3) is 0.500. The Hall–Kier alpha value is -0.540. The zero-order valence-electron chi connectivity index (χ0n) is 7.66. The second-order valence-corrected chi connectivity index (χ2v) is 4.73. The summed E-state index contributed by atoms with van der Waals surface area (Å²) in [6.07, 6.45) is 4.43. The minimum Gasteiger partial charge on any atom is -0.458 e. The van der Waals surface area contributed by atoms with E-state index in [1.807, 2.05) is 0 Å². The van der Waals surface area contributed by atoms with Gasteiger partial charge in [0, 0.05) is 0 Å². The lowest BCUT2D eigenvalue weighted by Crippen LogP contribution is -2.13. The largest absolute Gasteiger partial charge is 0.458 e. The predicted molar refractivity (Wildman–Crippen MR) is 57.0 cm³/mol. The van der Waals surface area contributed by atoms with Gasteiger partial charge in [0.15, 0.2) is 0 Å². The van der Waals surface area contributed by atoms with E-state index in [1.165, 1.54) is 11.3 Å². The van der Waals surface area contributed by atoms with Gasteiger partial charge >= 0.3 is 5.97 Å². The topological polar surface area (TPSA) is 26.3 Å². The fourth-order valence-corrected chi connectivity index (χ4v) is 2.66. The number of esters is 1. The fourth-order valence-electron chi connectivity index (χ4n) is 1.65. The normalized spacial score (nSPS) is 17.2. The first-order valence-corrected chi connectivity index (χ1v) is 5.97. The van der Waals surface area contributed by atoms with Gasteiger partial charge in [0.05, 0.1) is 5.02 Å². The molecule has 1 fully saturated rings. The van der Waals surface area contributed by atoms with Crippen LogP contribution in [0.25, 0.3) is 0 Å². The third kappa shape index (κ3) is 2.10. The highest BCUT2D eigenvalue weighted by molar-refractivity contribution is 7.12. The highest BCUT2D eigenvalue weighted by Crippen LogP contribution is 2.26. The van der Waals surface area contributed by atoms with Crippen LogP contribution in [0.4, 0.5) is 0 Å². The summed E-state index contributed by atoms with van der Waals surface area (Å²) >= 11 is 7.16. The molecular weight excluding hydrogens is 220 g/mol. The highest BCUT2D eigenvalue weighted by atomic mass is 35.5. The summed E-state index contributed by atoms with van der Waals surface area (Å²) in [5.74, 6) is -0.267. The van der Waals surface area contributed by atoms with Crippen molar-refractivity contribution in [2.24, 2.45) is 0 Å². The monoisotopic (exact) mass is 230 g/mol. The molecule has 1 aromatic heterocycles. The zero-order chi connectivity index (χ0) is 9.97. The lowest BCUT2D eigenvalue weighted by Gasteiger charge is -2.09. The molecule has 1 saturated carbocycles. The molecule has 0 radical (unpaired) electrons. The van der Waals surface area contributed by atoms with Crippen molar-refractivity contribution in [3.05, 3.63) is 21.3 Å². The Balaban J connectivity index is 1.98. The third-order valence-corrected chi connectivity index (χ3v) is 3.70. The van der Waals surface area contributed by atoms with Crippen LogP contribution in [0, 0.1) is 0 Å². The van der Waals surface area contributed by atoms with Crippen LogP contribution in [0.15, 0.2) is 11.4 Å². The second kappa shape index (κ2) is 4.32. The van der Waals surface area contributed by atoms with E-state index in [-0.39, 0.29) is 12.1 Å². The van der Waals surface area contributed by atoms with Crippen LogP contribution in [0.1, 0.15) is 35.4 Å². The lowest BCUT2D eigenvalue weighted by atomic mass is 10.3. The number of halogens is 1. The first-order chi connectivity index (χ1) is 6.77. The smallest absolute Gasteiger partial charge is 0.350 e. The number of hydrogen-bond acceptors (Lipinski definition) is 3. The molecule has 0 aliphatic heterocycles. The Morgan fingerprint density at radius 2 is 2.21 bits per heavy atom. The van der Waals surface area contributed by atoms with Crippen molar-refractivity contribution in [1.29, 1.82) is 0 Å². The van der Waals surface area contributed by atoms with Crippen molar-refractivity contribution in [1.82, 2.24) is 0 Å². The van der Waals surface area contributed by atoms with Gasteiger partial charge in [-0.15, -0.1) is 11.3 Å². The average molecular weight is 231 g/mol. The molecule has 2 nitrogen and oxygen atoms in total. The van der Waals surface area contributed by atoms with Crippen LogP contribution in [-0.4, -0.2) is 12.1 Å². The van der Waals surface area contributed by atoms with Gasteiger partial charge in [-0.1, -0.05) is 11.6 Å². The Bertz CT molecular complexity index is 329. The van der Waals surface area contributed by atoms with Gasteiger partial charge in [0.1, 0.15) is 11.0 Å². The van der Waals surface area contributed by atoms with Crippen LogP contribution in [0.2, 0.25) is 5.02 Å². The molecule has 4 heteroatoms. The van der Waals surface area contributed by atoms with Crippen molar-refractivity contribution in [3.8, 4) is 0 Å². The van der Waals surface area contributed by atoms with Gasteiger partial charge < -0.3 is 4.74 Å². The summed E-state index contributed by atoms with van der Waals surface area (Å²) in [5, 5.41) is 2.30. The summed E-state index contributed by atoms with van der Waals surface area (Å²) in [6.45, 7) is 0. The number of ether oxygens (including phenoxy) is 1.